The summed E-state index contributed by atoms with van der Waals surface area (Å²) in [5.74, 6) is 2.49. The van der Waals surface area contributed by atoms with Crippen molar-refractivity contribution in [2.45, 2.75) is 32.2 Å². The quantitative estimate of drug-likeness (QED) is 0.729. The van der Waals surface area contributed by atoms with Crippen LogP contribution in [0.2, 0.25) is 0 Å². The minimum Gasteiger partial charge on any atom is -0.497 e. The van der Waals surface area contributed by atoms with Crippen LogP contribution in [0.4, 0.5) is 0 Å². The molecule has 3 heterocycles. The molecular formula is C20H24N6O2. The Kier molecular flexibility index (Phi) is 5.21. The fraction of sp³-hybridized carbons (Fsp3) is 0.400. The van der Waals surface area contributed by atoms with Gasteiger partial charge in [0.1, 0.15) is 17.4 Å². The first-order chi connectivity index (χ1) is 13.6. The van der Waals surface area contributed by atoms with Gasteiger partial charge in [0, 0.05) is 24.9 Å². The molecule has 1 atom stereocenters. The molecule has 0 spiro atoms. The Labute approximate surface area is 163 Å². The molecule has 0 aliphatic carbocycles. The molecule has 0 radical (unpaired) electrons. The highest BCUT2D eigenvalue weighted by Crippen LogP contribution is 2.25. The van der Waals surface area contributed by atoms with Crippen LogP contribution in [-0.2, 0) is 6.54 Å². The van der Waals surface area contributed by atoms with E-state index in [1.807, 2.05) is 43.6 Å². The second kappa shape index (κ2) is 7.93. The Morgan fingerprint density at radius 1 is 1.21 bits per heavy atom. The number of hydrogen-bond acceptors (Lipinski definition) is 6. The predicted octanol–water partition coefficient (Wildman–Crippen LogP) is 2.05. The van der Waals surface area contributed by atoms with Crippen molar-refractivity contribution >= 4 is 0 Å². The molecule has 8 nitrogen and oxygen atoms in total. The van der Waals surface area contributed by atoms with Crippen LogP contribution in [0.1, 0.15) is 36.0 Å². The van der Waals surface area contributed by atoms with Crippen molar-refractivity contribution in [3.05, 3.63) is 64.4 Å². The molecule has 1 saturated heterocycles. The molecule has 1 aliphatic heterocycles. The first-order valence-corrected chi connectivity index (χ1v) is 9.46. The van der Waals surface area contributed by atoms with Gasteiger partial charge in [-0.15, -0.1) is 5.10 Å². The number of H-pyrrole nitrogens is 1. The summed E-state index contributed by atoms with van der Waals surface area (Å²) >= 11 is 0. The summed E-state index contributed by atoms with van der Waals surface area (Å²) in [6.45, 7) is 4.51. The summed E-state index contributed by atoms with van der Waals surface area (Å²) in [7, 11) is 1.62. The Hall–Kier alpha value is -3.00. The lowest BCUT2D eigenvalue weighted by atomic mass is 9.97. The third-order valence-corrected chi connectivity index (χ3v) is 5.04. The van der Waals surface area contributed by atoms with Crippen molar-refractivity contribution in [1.82, 2.24) is 29.6 Å². The molecule has 0 bridgehead atoms. The second-order valence-electron chi connectivity index (χ2n) is 7.18. The molecule has 3 aromatic rings. The minimum absolute atomic E-state index is 0.186. The molecule has 1 fully saturated rings. The number of likely N-dealkylation sites (tertiary alicyclic amines) is 1. The maximum Gasteiger partial charge on any atom is 0.348 e. The summed E-state index contributed by atoms with van der Waals surface area (Å²) in [4.78, 5) is 26.5. The van der Waals surface area contributed by atoms with E-state index in [-0.39, 0.29) is 11.6 Å². The predicted molar refractivity (Wildman–Crippen MR) is 105 cm³/mol. The summed E-state index contributed by atoms with van der Waals surface area (Å²) in [5.41, 5.74) is 1.55. The van der Waals surface area contributed by atoms with Crippen molar-refractivity contribution in [2.75, 3.05) is 20.2 Å². The summed E-state index contributed by atoms with van der Waals surface area (Å²) in [6.07, 6.45) is 5.74. The number of ether oxygens (including phenoxy) is 1. The molecule has 146 valence electrons. The molecular weight excluding hydrogens is 356 g/mol. The van der Waals surface area contributed by atoms with E-state index in [1.165, 1.54) is 4.68 Å². The smallest absolute Gasteiger partial charge is 0.348 e. The summed E-state index contributed by atoms with van der Waals surface area (Å²) in [6, 6.07) is 7.29. The van der Waals surface area contributed by atoms with E-state index in [0.717, 1.165) is 48.9 Å². The number of piperidine rings is 1. The molecule has 1 N–H and O–H groups in total. The van der Waals surface area contributed by atoms with Gasteiger partial charge in [-0.1, -0.05) is 0 Å². The fourth-order valence-corrected chi connectivity index (χ4v) is 3.55. The van der Waals surface area contributed by atoms with Gasteiger partial charge in [0.25, 0.3) is 0 Å². The molecule has 28 heavy (non-hydrogen) atoms. The number of hydrogen-bond donors (Lipinski definition) is 1. The van der Waals surface area contributed by atoms with E-state index in [0.29, 0.717) is 12.2 Å². The number of aromatic amines is 1. The summed E-state index contributed by atoms with van der Waals surface area (Å²) < 4.78 is 6.58. The van der Waals surface area contributed by atoms with Gasteiger partial charge in [-0.25, -0.2) is 14.8 Å². The Morgan fingerprint density at radius 3 is 2.68 bits per heavy atom. The molecule has 1 aliphatic rings. The number of aryl methyl sites for hydroxylation is 1. The first-order valence-electron chi connectivity index (χ1n) is 9.46. The standard InChI is InChI=1S/C20H24N6O2/c1-14-10-21-18(22-11-14)13-25-9-3-4-15(12-25)19-23-20(27)26(24-19)16-5-7-17(28-2)8-6-16/h5-8,10-11,15H,3-4,9,12-13H2,1-2H3,(H,23,24,27). The third kappa shape index (κ3) is 3.96. The molecule has 4 rings (SSSR count). The normalized spacial score (nSPS) is 17.6. The zero-order valence-corrected chi connectivity index (χ0v) is 16.1. The van der Waals surface area contributed by atoms with Crippen LogP contribution >= 0.6 is 0 Å². The average molecular weight is 380 g/mol. The lowest BCUT2D eigenvalue weighted by Gasteiger charge is -2.30. The number of methoxy groups -OCH3 is 1. The van der Waals surface area contributed by atoms with Crippen molar-refractivity contribution in [3.8, 4) is 11.4 Å². The van der Waals surface area contributed by atoms with Crippen molar-refractivity contribution in [2.24, 2.45) is 0 Å². The zero-order chi connectivity index (χ0) is 19.5. The van der Waals surface area contributed by atoms with Gasteiger partial charge < -0.3 is 4.74 Å². The topological polar surface area (TPSA) is 88.9 Å². The van der Waals surface area contributed by atoms with Gasteiger partial charge in [0.05, 0.1) is 19.3 Å². The Balaban J connectivity index is 1.49. The van der Waals surface area contributed by atoms with Crippen molar-refractivity contribution < 1.29 is 4.74 Å². The van der Waals surface area contributed by atoms with Crippen molar-refractivity contribution in [3.63, 3.8) is 0 Å². The number of rotatable bonds is 5. The molecule has 1 unspecified atom stereocenters. The van der Waals surface area contributed by atoms with E-state index < -0.39 is 0 Å². The van der Waals surface area contributed by atoms with Gasteiger partial charge in [-0.2, -0.15) is 4.68 Å². The SMILES string of the molecule is COc1ccc(-n2nc(C3CCCN(Cc4ncc(C)cn4)C3)[nH]c2=O)cc1. The maximum absolute atomic E-state index is 12.4. The average Bonchev–Trinajstić information content (AvgIpc) is 3.12. The second-order valence-corrected chi connectivity index (χ2v) is 7.18. The highest BCUT2D eigenvalue weighted by molar-refractivity contribution is 5.36. The number of nitrogens with zero attached hydrogens (tertiary/aromatic N) is 5. The fourth-order valence-electron chi connectivity index (χ4n) is 3.55. The Bertz CT molecular complexity index is 977. The van der Waals surface area contributed by atoms with Crippen LogP contribution in [0, 0.1) is 6.92 Å². The van der Waals surface area contributed by atoms with E-state index in [1.54, 1.807) is 7.11 Å². The highest BCUT2D eigenvalue weighted by Gasteiger charge is 2.25. The molecule has 1 aromatic carbocycles. The monoisotopic (exact) mass is 380 g/mol. The van der Waals surface area contributed by atoms with Crippen LogP contribution in [-0.4, -0.2) is 49.8 Å². The van der Waals surface area contributed by atoms with Crippen LogP contribution in [0.25, 0.3) is 5.69 Å². The first kappa shape index (κ1) is 18.4. The third-order valence-electron chi connectivity index (χ3n) is 5.04. The van der Waals surface area contributed by atoms with Gasteiger partial charge in [-0.3, -0.25) is 9.88 Å². The number of benzene rings is 1. The highest BCUT2D eigenvalue weighted by atomic mass is 16.5. The zero-order valence-electron chi connectivity index (χ0n) is 16.1. The molecule has 8 heteroatoms. The summed E-state index contributed by atoms with van der Waals surface area (Å²) in [5, 5.41) is 4.56. The van der Waals surface area contributed by atoms with E-state index in [9.17, 15) is 4.79 Å². The maximum atomic E-state index is 12.4. The van der Waals surface area contributed by atoms with E-state index in [2.05, 4.69) is 25.0 Å². The van der Waals surface area contributed by atoms with E-state index >= 15 is 0 Å². The Morgan fingerprint density at radius 2 is 1.96 bits per heavy atom. The lowest BCUT2D eigenvalue weighted by Crippen LogP contribution is -2.34. The van der Waals surface area contributed by atoms with Crippen LogP contribution in [0.5, 0.6) is 5.75 Å². The van der Waals surface area contributed by atoms with Crippen LogP contribution < -0.4 is 10.4 Å². The minimum atomic E-state index is -0.223. The number of nitrogens with one attached hydrogen (secondary N) is 1. The molecule has 0 saturated carbocycles. The van der Waals surface area contributed by atoms with Crippen LogP contribution in [0.15, 0.2) is 41.5 Å². The van der Waals surface area contributed by atoms with Crippen molar-refractivity contribution in [1.29, 1.82) is 0 Å². The lowest BCUT2D eigenvalue weighted by molar-refractivity contribution is 0.192. The van der Waals surface area contributed by atoms with Crippen LogP contribution in [0.3, 0.4) is 0 Å². The van der Waals surface area contributed by atoms with Gasteiger partial charge >= 0.3 is 5.69 Å². The van der Waals surface area contributed by atoms with Gasteiger partial charge in [0.15, 0.2) is 0 Å². The van der Waals surface area contributed by atoms with Gasteiger partial charge in [0.2, 0.25) is 0 Å². The number of aromatic nitrogens is 5. The molecule has 0 amide bonds. The largest absolute Gasteiger partial charge is 0.497 e. The van der Waals surface area contributed by atoms with E-state index in [4.69, 9.17) is 4.74 Å². The van der Waals surface area contributed by atoms with Gasteiger partial charge in [-0.05, 0) is 56.1 Å². The molecule has 2 aromatic heterocycles.